The summed E-state index contributed by atoms with van der Waals surface area (Å²) in [5, 5.41) is 2.23. The molecule has 176 valence electrons. The molecule has 1 fully saturated rings. The maximum absolute atomic E-state index is 13.7. The quantitative estimate of drug-likeness (QED) is 0.444. The molecule has 0 saturated heterocycles. The Morgan fingerprint density at radius 1 is 1.09 bits per heavy atom. The van der Waals surface area contributed by atoms with Gasteiger partial charge in [0, 0.05) is 24.1 Å². The molecule has 0 spiro atoms. The number of ether oxygens (including phenoxy) is 1. The summed E-state index contributed by atoms with van der Waals surface area (Å²) in [4.78, 5) is 39.5. The smallest absolute Gasteiger partial charge is 0.339 e. The molecule has 6 nitrogen and oxygen atoms in total. The number of anilines is 1. The van der Waals surface area contributed by atoms with Crippen molar-refractivity contribution in [2.24, 2.45) is 0 Å². The Bertz CT molecular complexity index is 1010. The fraction of sp³-hybridized carbons (Fsp3) is 0.375. The van der Waals surface area contributed by atoms with Crippen LogP contribution in [0.1, 0.15) is 42.5 Å². The van der Waals surface area contributed by atoms with E-state index >= 15 is 0 Å². The maximum atomic E-state index is 13.7. The number of thioether (sulfide) groups is 1. The number of amides is 2. The summed E-state index contributed by atoms with van der Waals surface area (Å²) in [6, 6.07) is 9.66. The molecule has 2 aromatic carbocycles. The summed E-state index contributed by atoms with van der Waals surface area (Å²) in [6.07, 6.45) is 5.50. The summed E-state index contributed by atoms with van der Waals surface area (Å²) >= 11 is 1.24. The lowest BCUT2D eigenvalue weighted by Crippen LogP contribution is -2.39. The Morgan fingerprint density at radius 2 is 1.82 bits per heavy atom. The second-order valence-corrected chi connectivity index (χ2v) is 8.85. The number of carbonyl (C=O) groups excluding carboxylic acids is 3. The van der Waals surface area contributed by atoms with Gasteiger partial charge in [0.25, 0.3) is 5.91 Å². The van der Waals surface area contributed by atoms with Crippen molar-refractivity contribution in [3.05, 3.63) is 59.7 Å². The molecule has 1 aliphatic rings. The summed E-state index contributed by atoms with van der Waals surface area (Å²) in [5.41, 5.74) is 0.0189. The molecule has 0 bridgehead atoms. The number of hydrogen-bond donors (Lipinski definition) is 1. The number of carbonyl (C=O) groups is 3. The average Bonchev–Trinajstić information content (AvgIpc) is 2.83. The van der Waals surface area contributed by atoms with Crippen LogP contribution >= 0.6 is 11.8 Å². The van der Waals surface area contributed by atoms with Gasteiger partial charge in [-0.25, -0.2) is 13.6 Å². The number of nitrogens with zero attached hydrogens (tertiary/aromatic N) is 1. The number of benzene rings is 2. The van der Waals surface area contributed by atoms with E-state index in [1.807, 2.05) is 7.05 Å². The van der Waals surface area contributed by atoms with Crippen molar-refractivity contribution in [2.75, 3.05) is 24.7 Å². The zero-order valence-electron chi connectivity index (χ0n) is 18.3. The van der Waals surface area contributed by atoms with Crippen molar-refractivity contribution in [1.29, 1.82) is 0 Å². The summed E-state index contributed by atoms with van der Waals surface area (Å²) in [5.74, 6) is -3.02. The minimum absolute atomic E-state index is 0.00391. The summed E-state index contributed by atoms with van der Waals surface area (Å²) < 4.78 is 31.7. The normalized spacial score (nSPS) is 13.9. The third kappa shape index (κ3) is 7.02. The largest absolute Gasteiger partial charge is 0.452 e. The molecule has 3 rings (SSSR count). The first-order valence-electron chi connectivity index (χ1n) is 10.7. The predicted octanol–water partition coefficient (Wildman–Crippen LogP) is 4.64. The fourth-order valence-corrected chi connectivity index (χ4v) is 4.62. The lowest BCUT2D eigenvalue weighted by molar-refractivity contribution is -0.129. The van der Waals surface area contributed by atoms with Gasteiger partial charge in [0.2, 0.25) is 5.91 Å². The topological polar surface area (TPSA) is 75.7 Å². The van der Waals surface area contributed by atoms with Crippen molar-refractivity contribution in [1.82, 2.24) is 4.90 Å². The van der Waals surface area contributed by atoms with Gasteiger partial charge in [-0.2, -0.15) is 0 Å². The number of halogens is 2. The molecule has 33 heavy (non-hydrogen) atoms. The molecule has 0 unspecified atom stereocenters. The predicted molar refractivity (Wildman–Crippen MR) is 122 cm³/mol. The molecule has 1 aliphatic carbocycles. The van der Waals surface area contributed by atoms with Gasteiger partial charge in [0.1, 0.15) is 11.6 Å². The Balaban J connectivity index is 1.53. The monoisotopic (exact) mass is 476 g/mol. The Morgan fingerprint density at radius 3 is 2.55 bits per heavy atom. The molecule has 9 heteroatoms. The zero-order valence-corrected chi connectivity index (χ0v) is 19.1. The minimum atomic E-state index is -0.931. The van der Waals surface area contributed by atoms with E-state index in [-0.39, 0.29) is 29.0 Å². The maximum Gasteiger partial charge on any atom is 0.339 e. The highest BCUT2D eigenvalue weighted by Gasteiger charge is 2.23. The molecule has 0 radical (unpaired) electrons. The van der Waals surface area contributed by atoms with Crippen LogP contribution in [-0.2, 0) is 14.3 Å². The van der Waals surface area contributed by atoms with Crippen LogP contribution in [0.25, 0.3) is 0 Å². The standard InChI is InChI=1S/C24H26F2N2O4S/c1-28(17-7-3-2-4-8-17)23(30)15-33-21-10-6-5-9-18(21)24(31)32-14-22(29)27-20-12-11-16(25)13-19(20)26/h5-6,9-13,17H,2-4,7-8,14-15H2,1H3,(H,27,29). The van der Waals surface area contributed by atoms with Crippen LogP contribution in [0, 0.1) is 11.6 Å². The number of rotatable bonds is 8. The third-order valence-electron chi connectivity index (χ3n) is 5.51. The summed E-state index contributed by atoms with van der Waals surface area (Å²) in [7, 11) is 1.82. The number of esters is 1. The second-order valence-electron chi connectivity index (χ2n) is 7.83. The van der Waals surface area contributed by atoms with E-state index in [9.17, 15) is 23.2 Å². The third-order valence-corrected chi connectivity index (χ3v) is 6.57. The SMILES string of the molecule is CN(C(=O)CSc1ccccc1C(=O)OCC(=O)Nc1ccc(F)cc1F)C1CCCCC1. The first-order valence-corrected chi connectivity index (χ1v) is 11.7. The highest BCUT2D eigenvalue weighted by molar-refractivity contribution is 8.00. The molecule has 1 N–H and O–H groups in total. The molecule has 2 aromatic rings. The molecule has 2 amide bonds. The lowest BCUT2D eigenvalue weighted by Gasteiger charge is -2.31. The average molecular weight is 477 g/mol. The van der Waals surface area contributed by atoms with E-state index in [0.29, 0.717) is 11.0 Å². The second kappa shape index (κ2) is 11.8. The van der Waals surface area contributed by atoms with Crippen LogP contribution < -0.4 is 5.32 Å². The van der Waals surface area contributed by atoms with Crippen LogP contribution in [0.4, 0.5) is 14.5 Å². The fourth-order valence-electron chi connectivity index (χ4n) is 3.66. The Kier molecular flexibility index (Phi) is 8.82. The Hall–Kier alpha value is -2.94. The van der Waals surface area contributed by atoms with Crippen molar-refractivity contribution in [3.8, 4) is 0 Å². The van der Waals surface area contributed by atoms with Crippen LogP contribution in [-0.4, -0.2) is 48.1 Å². The van der Waals surface area contributed by atoms with Gasteiger partial charge in [-0.3, -0.25) is 9.59 Å². The molecule has 0 heterocycles. The lowest BCUT2D eigenvalue weighted by atomic mass is 9.94. The highest BCUT2D eigenvalue weighted by atomic mass is 32.2. The van der Waals surface area contributed by atoms with Gasteiger partial charge >= 0.3 is 5.97 Å². The first-order chi connectivity index (χ1) is 15.8. The van der Waals surface area contributed by atoms with E-state index in [2.05, 4.69) is 5.32 Å². The number of nitrogens with one attached hydrogen (secondary N) is 1. The van der Waals surface area contributed by atoms with Crippen molar-refractivity contribution in [3.63, 3.8) is 0 Å². The zero-order chi connectivity index (χ0) is 23.8. The van der Waals surface area contributed by atoms with Crippen LogP contribution in [0.5, 0.6) is 0 Å². The van der Waals surface area contributed by atoms with E-state index in [0.717, 1.165) is 37.8 Å². The van der Waals surface area contributed by atoms with Crippen molar-refractivity contribution in [2.45, 2.75) is 43.0 Å². The van der Waals surface area contributed by atoms with Gasteiger partial charge in [0.15, 0.2) is 6.61 Å². The molecule has 0 aromatic heterocycles. The molecule has 0 aliphatic heterocycles. The summed E-state index contributed by atoms with van der Waals surface area (Å²) in [6.45, 7) is -0.641. The van der Waals surface area contributed by atoms with Crippen LogP contribution in [0.15, 0.2) is 47.4 Å². The van der Waals surface area contributed by atoms with Gasteiger partial charge in [0.05, 0.1) is 17.0 Å². The van der Waals surface area contributed by atoms with Crippen molar-refractivity contribution < 1.29 is 27.9 Å². The van der Waals surface area contributed by atoms with E-state index in [4.69, 9.17) is 4.74 Å². The minimum Gasteiger partial charge on any atom is -0.452 e. The molecule has 0 atom stereocenters. The van der Waals surface area contributed by atoms with Gasteiger partial charge in [-0.15, -0.1) is 11.8 Å². The van der Waals surface area contributed by atoms with Gasteiger partial charge in [-0.05, 0) is 37.1 Å². The number of hydrogen-bond acceptors (Lipinski definition) is 5. The molecular weight excluding hydrogens is 450 g/mol. The van der Waals surface area contributed by atoms with E-state index in [1.165, 1.54) is 18.2 Å². The highest BCUT2D eigenvalue weighted by Crippen LogP contribution is 2.26. The van der Waals surface area contributed by atoms with Crippen LogP contribution in [0.2, 0.25) is 0 Å². The molecular formula is C24H26F2N2O4S. The Labute approximate surface area is 195 Å². The molecule has 1 saturated carbocycles. The van der Waals surface area contributed by atoms with Crippen LogP contribution in [0.3, 0.4) is 0 Å². The van der Waals surface area contributed by atoms with E-state index < -0.39 is 30.1 Å². The first kappa shape index (κ1) is 24.7. The van der Waals surface area contributed by atoms with Gasteiger partial charge < -0.3 is 15.0 Å². The van der Waals surface area contributed by atoms with Gasteiger partial charge in [-0.1, -0.05) is 31.4 Å². The van der Waals surface area contributed by atoms with Crippen molar-refractivity contribution >= 4 is 35.2 Å². The van der Waals surface area contributed by atoms with E-state index in [1.54, 1.807) is 29.2 Å².